The maximum absolute atomic E-state index is 10.7. The Balaban J connectivity index is 2.43. The Bertz CT molecular complexity index is 473. The van der Waals surface area contributed by atoms with Crippen molar-refractivity contribution in [3.63, 3.8) is 0 Å². The van der Waals surface area contributed by atoms with E-state index in [1.54, 1.807) is 18.3 Å². The number of imidazole rings is 1. The van der Waals surface area contributed by atoms with Gasteiger partial charge in [-0.2, -0.15) is 0 Å². The second-order valence-corrected chi connectivity index (χ2v) is 3.91. The Morgan fingerprint density at radius 3 is 2.86 bits per heavy atom. The summed E-state index contributed by atoms with van der Waals surface area (Å²) in [4.78, 5) is 16.0. The molecule has 1 N–H and O–H groups in total. The number of aromatic carboxylic acids is 1. The fourth-order valence-electron chi connectivity index (χ4n) is 1.18. The van der Waals surface area contributed by atoms with E-state index in [9.17, 15) is 4.79 Å². The summed E-state index contributed by atoms with van der Waals surface area (Å²) < 4.78 is 1.86. The van der Waals surface area contributed by atoms with E-state index >= 15 is 0 Å². The molecule has 5 heteroatoms. The molecule has 0 unspecified atom stereocenters. The Kier molecular flexibility index (Phi) is 2.09. The Morgan fingerprint density at radius 1 is 1.57 bits per heavy atom. The molecule has 0 bridgehead atoms. The minimum absolute atomic E-state index is 0.336. The van der Waals surface area contributed by atoms with E-state index in [1.807, 2.05) is 17.8 Å². The lowest BCUT2D eigenvalue weighted by Gasteiger charge is -1.95. The molecule has 0 amide bonds. The highest BCUT2D eigenvalue weighted by Crippen LogP contribution is 2.26. The molecule has 0 radical (unpaired) electrons. The topological polar surface area (TPSA) is 55.1 Å². The van der Waals surface area contributed by atoms with Gasteiger partial charge in [-0.25, -0.2) is 9.78 Å². The van der Waals surface area contributed by atoms with Crippen LogP contribution in [0.25, 0.3) is 10.7 Å². The molecule has 0 aliphatic rings. The predicted molar refractivity (Wildman–Crippen MR) is 53.5 cm³/mol. The molecule has 0 aliphatic heterocycles. The van der Waals surface area contributed by atoms with E-state index in [4.69, 9.17) is 5.11 Å². The molecule has 0 aliphatic carbocycles. The number of thiophene rings is 1. The largest absolute Gasteiger partial charge is 0.477 e. The van der Waals surface area contributed by atoms with Crippen molar-refractivity contribution >= 4 is 17.3 Å². The molecule has 2 rings (SSSR count). The minimum atomic E-state index is -0.893. The van der Waals surface area contributed by atoms with Gasteiger partial charge in [-0.1, -0.05) is 0 Å². The molecule has 2 aromatic rings. The normalized spacial score (nSPS) is 10.4. The van der Waals surface area contributed by atoms with Crippen molar-refractivity contribution in [2.45, 2.75) is 0 Å². The molecule has 72 valence electrons. The average molecular weight is 208 g/mol. The van der Waals surface area contributed by atoms with Crippen molar-refractivity contribution in [2.24, 2.45) is 7.05 Å². The van der Waals surface area contributed by atoms with Gasteiger partial charge in [-0.3, -0.25) is 0 Å². The maximum atomic E-state index is 10.7. The van der Waals surface area contributed by atoms with Crippen LogP contribution in [0.2, 0.25) is 0 Å². The summed E-state index contributed by atoms with van der Waals surface area (Å²) in [5.41, 5.74) is 0. The summed E-state index contributed by atoms with van der Waals surface area (Å²) in [7, 11) is 1.88. The SMILES string of the molecule is Cn1ccnc1-c1ccc(C(=O)O)s1. The highest BCUT2D eigenvalue weighted by molar-refractivity contribution is 7.17. The predicted octanol–water partition coefficient (Wildman–Crippen LogP) is 1.85. The second kappa shape index (κ2) is 3.26. The summed E-state index contributed by atoms with van der Waals surface area (Å²) in [5, 5.41) is 8.75. The van der Waals surface area contributed by atoms with Crippen molar-refractivity contribution in [1.82, 2.24) is 9.55 Å². The van der Waals surface area contributed by atoms with Crippen molar-refractivity contribution in [2.75, 3.05) is 0 Å². The van der Waals surface area contributed by atoms with E-state index in [0.717, 1.165) is 10.7 Å². The highest BCUT2D eigenvalue weighted by atomic mass is 32.1. The van der Waals surface area contributed by atoms with Gasteiger partial charge in [0.25, 0.3) is 0 Å². The van der Waals surface area contributed by atoms with Crippen LogP contribution in [0.1, 0.15) is 9.67 Å². The number of aryl methyl sites for hydroxylation is 1. The number of nitrogens with zero attached hydrogens (tertiary/aromatic N) is 2. The third-order valence-electron chi connectivity index (χ3n) is 1.86. The number of carboxylic acid groups (broad SMARTS) is 1. The van der Waals surface area contributed by atoms with Gasteiger partial charge in [0, 0.05) is 19.4 Å². The lowest BCUT2D eigenvalue weighted by Crippen LogP contribution is -1.90. The van der Waals surface area contributed by atoms with Crippen LogP contribution in [0.4, 0.5) is 0 Å². The van der Waals surface area contributed by atoms with Gasteiger partial charge >= 0.3 is 5.97 Å². The number of carbonyl (C=O) groups is 1. The van der Waals surface area contributed by atoms with Crippen LogP contribution in [0.5, 0.6) is 0 Å². The van der Waals surface area contributed by atoms with Crippen LogP contribution in [-0.2, 0) is 7.05 Å². The van der Waals surface area contributed by atoms with Crippen LogP contribution in [0, 0.1) is 0 Å². The Labute approximate surface area is 84.5 Å². The summed E-state index contributed by atoms with van der Waals surface area (Å²) >= 11 is 1.23. The van der Waals surface area contributed by atoms with Gasteiger partial charge < -0.3 is 9.67 Å². The number of hydrogen-bond donors (Lipinski definition) is 1. The number of carboxylic acids is 1. The van der Waals surface area contributed by atoms with Gasteiger partial charge in [0.15, 0.2) is 0 Å². The fourth-order valence-corrected chi connectivity index (χ4v) is 2.06. The minimum Gasteiger partial charge on any atom is -0.477 e. The quantitative estimate of drug-likeness (QED) is 0.819. The van der Waals surface area contributed by atoms with Crippen molar-refractivity contribution in [3.05, 3.63) is 29.4 Å². The van der Waals surface area contributed by atoms with Gasteiger partial charge in [0.1, 0.15) is 10.7 Å². The van der Waals surface area contributed by atoms with Crippen molar-refractivity contribution in [3.8, 4) is 10.7 Å². The number of hydrogen-bond acceptors (Lipinski definition) is 3. The van der Waals surface area contributed by atoms with Gasteiger partial charge in [-0.15, -0.1) is 11.3 Å². The second-order valence-electron chi connectivity index (χ2n) is 2.83. The summed E-state index contributed by atoms with van der Waals surface area (Å²) in [6.45, 7) is 0. The molecule has 0 fully saturated rings. The zero-order chi connectivity index (χ0) is 10.1. The van der Waals surface area contributed by atoms with Crippen LogP contribution in [0.3, 0.4) is 0 Å². The van der Waals surface area contributed by atoms with Crippen LogP contribution < -0.4 is 0 Å². The third kappa shape index (κ3) is 1.42. The van der Waals surface area contributed by atoms with E-state index in [-0.39, 0.29) is 0 Å². The van der Waals surface area contributed by atoms with Gasteiger partial charge in [0.2, 0.25) is 0 Å². The average Bonchev–Trinajstić information content (AvgIpc) is 2.71. The molecule has 0 saturated heterocycles. The third-order valence-corrected chi connectivity index (χ3v) is 2.93. The molecule has 14 heavy (non-hydrogen) atoms. The molecule has 2 aromatic heterocycles. The number of rotatable bonds is 2. The van der Waals surface area contributed by atoms with E-state index < -0.39 is 5.97 Å². The van der Waals surface area contributed by atoms with Gasteiger partial charge in [-0.05, 0) is 12.1 Å². The molecular formula is C9H8N2O2S. The van der Waals surface area contributed by atoms with E-state index in [1.165, 1.54) is 11.3 Å². The van der Waals surface area contributed by atoms with Crippen LogP contribution >= 0.6 is 11.3 Å². The first-order valence-electron chi connectivity index (χ1n) is 3.99. The summed E-state index contributed by atoms with van der Waals surface area (Å²) in [5.74, 6) is -0.0991. The first-order valence-corrected chi connectivity index (χ1v) is 4.81. The van der Waals surface area contributed by atoms with E-state index in [2.05, 4.69) is 4.98 Å². The smallest absolute Gasteiger partial charge is 0.345 e. The standard InChI is InChI=1S/C9H8N2O2S/c1-11-5-4-10-8(11)6-2-3-7(14-6)9(12)13/h2-5H,1H3,(H,12,13). The molecule has 0 atom stereocenters. The highest BCUT2D eigenvalue weighted by Gasteiger charge is 2.10. The van der Waals surface area contributed by atoms with Gasteiger partial charge in [0.05, 0.1) is 4.88 Å². The lowest BCUT2D eigenvalue weighted by molar-refractivity contribution is 0.0702. The molecule has 0 spiro atoms. The lowest BCUT2D eigenvalue weighted by atomic mass is 10.4. The van der Waals surface area contributed by atoms with Crippen molar-refractivity contribution in [1.29, 1.82) is 0 Å². The molecule has 0 saturated carbocycles. The van der Waals surface area contributed by atoms with Crippen molar-refractivity contribution < 1.29 is 9.90 Å². The molecule has 0 aromatic carbocycles. The number of aromatic nitrogens is 2. The summed E-state index contributed by atoms with van der Waals surface area (Å²) in [6.07, 6.45) is 3.52. The zero-order valence-electron chi connectivity index (χ0n) is 7.47. The van der Waals surface area contributed by atoms with Crippen LogP contribution in [0.15, 0.2) is 24.5 Å². The Morgan fingerprint density at radius 2 is 2.36 bits per heavy atom. The molecule has 4 nitrogen and oxygen atoms in total. The van der Waals surface area contributed by atoms with Crippen LogP contribution in [-0.4, -0.2) is 20.6 Å². The molecule has 2 heterocycles. The molecular weight excluding hydrogens is 200 g/mol. The monoisotopic (exact) mass is 208 g/mol. The Hall–Kier alpha value is -1.62. The first-order chi connectivity index (χ1) is 6.68. The summed E-state index contributed by atoms with van der Waals surface area (Å²) in [6, 6.07) is 3.37. The fraction of sp³-hybridized carbons (Fsp3) is 0.111. The zero-order valence-corrected chi connectivity index (χ0v) is 8.28. The first kappa shape index (κ1) is 8.96. The maximum Gasteiger partial charge on any atom is 0.345 e. The van der Waals surface area contributed by atoms with E-state index in [0.29, 0.717) is 4.88 Å².